The molecular weight excluding hydrogens is 300 g/mol. The van der Waals surface area contributed by atoms with Crippen LogP contribution in [0.25, 0.3) is 0 Å². The second-order valence-electron chi connectivity index (χ2n) is 7.15. The highest BCUT2D eigenvalue weighted by Gasteiger charge is 2.44. The molecule has 0 N–H and O–H groups in total. The van der Waals surface area contributed by atoms with E-state index in [0.29, 0.717) is 22.8 Å². The highest BCUT2D eigenvalue weighted by molar-refractivity contribution is 6.33. The number of carbonyl (C=O) groups is 1. The first-order chi connectivity index (χ1) is 10.4. The molecule has 1 heterocycles. The van der Waals surface area contributed by atoms with E-state index in [0.717, 1.165) is 24.7 Å². The fourth-order valence-electron chi connectivity index (χ4n) is 4.23. The van der Waals surface area contributed by atoms with Crippen LogP contribution in [0.3, 0.4) is 0 Å². The zero-order valence-corrected chi connectivity index (χ0v) is 14.5. The van der Waals surface area contributed by atoms with Crippen LogP contribution in [0, 0.1) is 11.8 Å². The van der Waals surface area contributed by atoms with Gasteiger partial charge in [0, 0.05) is 32.4 Å². The van der Waals surface area contributed by atoms with Crippen molar-refractivity contribution >= 4 is 17.5 Å². The summed E-state index contributed by atoms with van der Waals surface area (Å²) >= 11 is 6.10. The van der Waals surface area contributed by atoms with Crippen molar-refractivity contribution in [1.82, 2.24) is 19.6 Å². The fraction of sp³-hybridized carbons (Fsp3) is 0.750. The Hall–Kier alpha value is -1.07. The van der Waals surface area contributed by atoms with Gasteiger partial charge in [-0.25, -0.2) is 0 Å². The van der Waals surface area contributed by atoms with Gasteiger partial charge < -0.3 is 9.80 Å². The van der Waals surface area contributed by atoms with Crippen LogP contribution < -0.4 is 0 Å². The lowest BCUT2D eigenvalue weighted by Crippen LogP contribution is -2.37. The monoisotopic (exact) mass is 324 g/mol. The van der Waals surface area contributed by atoms with Crippen molar-refractivity contribution in [3.8, 4) is 0 Å². The predicted molar refractivity (Wildman–Crippen MR) is 87.0 cm³/mol. The smallest absolute Gasteiger partial charge is 0.275 e. The molecule has 2 unspecified atom stereocenters. The van der Waals surface area contributed by atoms with Crippen molar-refractivity contribution in [2.45, 2.75) is 37.8 Å². The third-order valence-electron chi connectivity index (χ3n) is 5.55. The van der Waals surface area contributed by atoms with E-state index >= 15 is 0 Å². The van der Waals surface area contributed by atoms with Crippen molar-refractivity contribution in [2.24, 2.45) is 18.9 Å². The standard InChI is InChI=1S/C16H25ClN4O/c1-19(2)12-5-10-7-13(8-11(10)6-12)21(4)16(22)15-14(17)9-20(3)18-15/h9-13H,5-8H2,1-4H3/t10-,11+,12?,13?. The minimum absolute atomic E-state index is 0.0558. The van der Waals surface area contributed by atoms with E-state index in [1.165, 1.54) is 12.8 Å². The molecule has 3 rings (SSSR count). The van der Waals surface area contributed by atoms with Gasteiger partial charge in [0.1, 0.15) is 0 Å². The lowest BCUT2D eigenvalue weighted by atomic mass is 10.0. The van der Waals surface area contributed by atoms with Gasteiger partial charge in [0.05, 0.1) is 5.02 Å². The molecule has 1 aromatic rings. The van der Waals surface area contributed by atoms with E-state index < -0.39 is 0 Å². The van der Waals surface area contributed by atoms with Crippen molar-refractivity contribution in [3.63, 3.8) is 0 Å². The van der Waals surface area contributed by atoms with E-state index in [1.807, 2.05) is 11.9 Å². The number of hydrogen-bond acceptors (Lipinski definition) is 3. The van der Waals surface area contributed by atoms with Crippen molar-refractivity contribution in [2.75, 3.05) is 21.1 Å². The van der Waals surface area contributed by atoms with E-state index in [4.69, 9.17) is 11.6 Å². The molecule has 2 fully saturated rings. The zero-order chi connectivity index (χ0) is 16.0. The van der Waals surface area contributed by atoms with E-state index in [2.05, 4.69) is 24.1 Å². The first-order valence-electron chi connectivity index (χ1n) is 7.99. The molecule has 122 valence electrons. The number of aromatic nitrogens is 2. The summed E-state index contributed by atoms with van der Waals surface area (Å²) < 4.78 is 1.59. The normalized spacial score (nSPS) is 30.8. The maximum absolute atomic E-state index is 12.6. The Labute approximate surface area is 137 Å². The van der Waals surface area contributed by atoms with Crippen LogP contribution in [0.4, 0.5) is 0 Å². The summed E-state index contributed by atoms with van der Waals surface area (Å²) in [6, 6.07) is 1.03. The van der Waals surface area contributed by atoms with Gasteiger partial charge in [0.15, 0.2) is 5.69 Å². The van der Waals surface area contributed by atoms with Crippen LogP contribution in [0.5, 0.6) is 0 Å². The average Bonchev–Trinajstić information content (AvgIpc) is 3.09. The third-order valence-corrected chi connectivity index (χ3v) is 5.83. The second-order valence-corrected chi connectivity index (χ2v) is 7.56. The Morgan fingerprint density at radius 3 is 2.18 bits per heavy atom. The number of nitrogens with zero attached hydrogens (tertiary/aromatic N) is 4. The number of aryl methyl sites for hydroxylation is 1. The molecule has 22 heavy (non-hydrogen) atoms. The van der Waals surface area contributed by atoms with Crippen LogP contribution in [-0.2, 0) is 7.05 Å². The maximum atomic E-state index is 12.6. The van der Waals surface area contributed by atoms with Crippen LogP contribution in [0.1, 0.15) is 36.2 Å². The summed E-state index contributed by atoms with van der Waals surface area (Å²) in [4.78, 5) is 16.8. The molecule has 2 saturated carbocycles. The molecule has 0 aliphatic heterocycles. The lowest BCUT2D eigenvalue weighted by molar-refractivity contribution is 0.0719. The van der Waals surface area contributed by atoms with Gasteiger partial charge in [0.2, 0.25) is 0 Å². The van der Waals surface area contributed by atoms with Crippen molar-refractivity contribution in [1.29, 1.82) is 0 Å². The number of fused-ring (bicyclic) bond motifs is 1. The van der Waals surface area contributed by atoms with Gasteiger partial charge in [-0.1, -0.05) is 11.6 Å². The molecule has 0 bridgehead atoms. The number of rotatable bonds is 3. The summed E-state index contributed by atoms with van der Waals surface area (Å²) in [5, 5.41) is 4.63. The van der Waals surface area contributed by atoms with Gasteiger partial charge in [-0.15, -0.1) is 0 Å². The van der Waals surface area contributed by atoms with Gasteiger partial charge >= 0.3 is 0 Å². The second kappa shape index (κ2) is 5.85. The van der Waals surface area contributed by atoms with E-state index in [1.54, 1.807) is 17.9 Å². The van der Waals surface area contributed by atoms with Gasteiger partial charge in [0.25, 0.3) is 5.91 Å². The molecule has 1 aromatic heterocycles. The molecule has 5 nitrogen and oxygen atoms in total. The molecular formula is C16H25ClN4O. The molecule has 1 amide bonds. The SMILES string of the molecule is CN(C)C1C[C@@H]2CC(N(C)C(=O)c3nn(C)cc3Cl)C[C@@H]2C1. The minimum Gasteiger partial charge on any atom is -0.337 e. The number of halogens is 1. The lowest BCUT2D eigenvalue weighted by Gasteiger charge is -2.26. The third kappa shape index (κ3) is 2.76. The molecule has 0 spiro atoms. The first kappa shape index (κ1) is 15.8. The predicted octanol–water partition coefficient (Wildman–Crippen LogP) is 2.26. The quantitative estimate of drug-likeness (QED) is 0.856. The average molecular weight is 325 g/mol. The topological polar surface area (TPSA) is 41.4 Å². The van der Waals surface area contributed by atoms with Gasteiger partial charge in [-0.2, -0.15) is 5.10 Å². The Bertz CT molecular complexity index is 556. The highest BCUT2D eigenvalue weighted by Crippen LogP contribution is 2.46. The van der Waals surface area contributed by atoms with Crippen molar-refractivity contribution < 1.29 is 4.79 Å². The van der Waals surface area contributed by atoms with Crippen LogP contribution >= 0.6 is 11.6 Å². The Kier molecular flexibility index (Phi) is 4.21. The minimum atomic E-state index is -0.0558. The van der Waals surface area contributed by atoms with Crippen LogP contribution in [0.2, 0.25) is 5.02 Å². The van der Waals surface area contributed by atoms with Crippen LogP contribution in [0.15, 0.2) is 6.20 Å². The maximum Gasteiger partial charge on any atom is 0.275 e. The largest absolute Gasteiger partial charge is 0.337 e. The Morgan fingerprint density at radius 2 is 1.73 bits per heavy atom. The van der Waals surface area contributed by atoms with Gasteiger partial charge in [-0.05, 0) is 51.6 Å². The summed E-state index contributed by atoms with van der Waals surface area (Å²) in [6.45, 7) is 0. The Balaban J connectivity index is 1.65. The number of hydrogen-bond donors (Lipinski definition) is 0. The summed E-state index contributed by atoms with van der Waals surface area (Å²) in [5.41, 5.74) is 0.370. The molecule has 0 aromatic carbocycles. The summed E-state index contributed by atoms with van der Waals surface area (Å²) in [6.07, 6.45) is 6.43. The molecule has 4 atom stereocenters. The van der Waals surface area contributed by atoms with E-state index in [9.17, 15) is 4.79 Å². The molecule has 0 radical (unpaired) electrons. The summed E-state index contributed by atoms with van der Waals surface area (Å²) in [7, 11) is 8.01. The Morgan fingerprint density at radius 1 is 1.18 bits per heavy atom. The van der Waals surface area contributed by atoms with E-state index in [-0.39, 0.29) is 5.91 Å². The number of amides is 1. The molecule has 2 aliphatic rings. The summed E-state index contributed by atoms with van der Waals surface area (Å²) in [5.74, 6) is 1.46. The van der Waals surface area contributed by atoms with Crippen LogP contribution in [-0.4, -0.2) is 58.7 Å². The molecule has 6 heteroatoms. The van der Waals surface area contributed by atoms with Gasteiger partial charge in [-0.3, -0.25) is 9.48 Å². The zero-order valence-electron chi connectivity index (χ0n) is 13.8. The number of carbonyl (C=O) groups excluding carboxylic acids is 1. The molecule has 2 aliphatic carbocycles. The van der Waals surface area contributed by atoms with Crippen molar-refractivity contribution in [3.05, 3.63) is 16.9 Å². The molecule has 0 saturated heterocycles. The fourth-order valence-corrected chi connectivity index (χ4v) is 4.49. The first-order valence-corrected chi connectivity index (χ1v) is 8.37. The highest BCUT2D eigenvalue weighted by atomic mass is 35.5.